The van der Waals surface area contributed by atoms with Gasteiger partial charge in [-0.3, -0.25) is 9.89 Å². The summed E-state index contributed by atoms with van der Waals surface area (Å²) in [5, 5.41) is 19.7. The van der Waals surface area contributed by atoms with Crippen LogP contribution in [0, 0.1) is 24.2 Å². The van der Waals surface area contributed by atoms with Crippen molar-refractivity contribution in [2.45, 2.75) is 39.2 Å². The van der Waals surface area contributed by atoms with Gasteiger partial charge in [-0.15, -0.1) is 0 Å². The molecule has 0 saturated carbocycles. The molecule has 0 bridgehead atoms. The number of amides is 1. The predicted molar refractivity (Wildman–Crippen MR) is 108 cm³/mol. The molecule has 1 aliphatic rings. The monoisotopic (exact) mass is 408 g/mol. The van der Waals surface area contributed by atoms with Gasteiger partial charge in [0, 0.05) is 37.2 Å². The predicted octanol–water partition coefficient (Wildman–Crippen LogP) is 2.80. The number of H-pyrrole nitrogens is 1. The zero-order valence-corrected chi connectivity index (χ0v) is 17.0. The summed E-state index contributed by atoms with van der Waals surface area (Å²) >= 11 is 0. The van der Waals surface area contributed by atoms with Crippen molar-refractivity contribution in [1.82, 2.24) is 20.5 Å². The zero-order valence-electron chi connectivity index (χ0n) is 17.0. The van der Waals surface area contributed by atoms with Crippen LogP contribution in [0.2, 0.25) is 0 Å². The number of nitrogens with zero attached hydrogens (tertiary/aromatic N) is 4. The molecule has 0 aliphatic carbocycles. The Labute approximate surface area is 174 Å². The summed E-state index contributed by atoms with van der Waals surface area (Å²) in [5.41, 5.74) is 2.18. The first-order valence-corrected chi connectivity index (χ1v) is 10.0. The maximum atomic E-state index is 12.7. The third-order valence-corrected chi connectivity index (χ3v) is 5.26. The number of anilines is 1. The number of carbonyl (C=O) groups is 1. The Balaban J connectivity index is 1.33. The molecule has 3 aromatic rings. The van der Waals surface area contributed by atoms with Gasteiger partial charge >= 0.3 is 0 Å². The van der Waals surface area contributed by atoms with E-state index in [0.717, 1.165) is 11.4 Å². The fourth-order valence-electron chi connectivity index (χ4n) is 3.75. The van der Waals surface area contributed by atoms with Crippen LogP contribution in [0.25, 0.3) is 11.7 Å². The number of aryl methyl sites for hydroxylation is 1. The largest absolute Gasteiger partial charge is 0.459 e. The zero-order chi connectivity index (χ0) is 21.1. The van der Waals surface area contributed by atoms with E-state index in [4.69, 9.17) is 8.83 Å². The third-order valence-electron chi connectivity index (χ3n) is 5.26. The number of piperidine rings is 1. The Morgan fingerprint density at radius 3 is 2.90 bits per heavy atom. The van der Waals surface area contributed by atoms with Gasteiger partial charge in [-0.05, 0) is 44.9 Å². The SMILES string of the molecule is Cc1cc(C[C@H](C)NC(=O)C2CCN(c3oc(-c4ccco4)nc3C#N)CC2)n[nH]1. The fourth-order valence-corrected chi connectivity index (χ4v) is 3.75. The lowest BCUT2D eigenvalue weighted by molar-refractivity contribution is -0.126. The van der Waals surface area contributed by atoms with E-state index in [1.165, 1.54) is 6.26 Å². The molecule has 4 heterocycles. The second-order valence-corrected chi connectivity index (χ2v) is 7.68. The third kappa shape index (κ3) is 4.22. The first-order chi connectivity index (χ1) is 14.5. The number of rotatable bonds is 6. The molecular weight excluding hydrogens is 384 g/mol. The standard InChI is InChI=1S/C21H24N6O3/c1-13(10-16-11-14(2)25-26-16)23-19(28)15-5-7-27(8-6-15)21-17(12-22)24-20(30-21)18-4-3-9-29-18/h3-4,9,11,13,15H,5-8,10H2,1-2H3,(H,23,28)(H,25,26)/t13-/m0/s1. The highest BCUT2D eigenvalue weighted by Gasteiger charge is 2.29. The lowest BCUT2D eigenvalue weighted by Gasteiger charge is -2.31. The van der Waals surface area contributed by atoms with E-state index in [2.05, 4.69) is 26.6 Å². The summed E-state index contributed by atoms with van der Waals surface area (Å²) in [6.07, 6.45) is 3.58. The van der Waals surface area contributed by atoms with Crippen molar-refractivity contribution in [3.63, 3.8) is 0 Å². The van der Waals surface area contributed by atoms with Crippen LogP contribution in [0.3, 0.4) is 0 Å². The van der Waals surface area contributed by atoms with E-state index >= 15 is 0 Å². The summed E-state index contributed by atoms with van der Waals surface area (Å²) < 4.78 is 11.1. The minimum atomic E-state index is -0.0670. The first-order valence-electron chi connectivity index (χ1n) is 10.0. The Kier molecular flexibility index (Phi) is 5.57. The Morgan fingerprint density at radius 1 is 1.47 bits per heavy atom. The van der Waals surface area contributed by atoms with Crippen LogP contribution in [0.1, 0.15) is 36.8 Å². The molecule has 1 amide bonds. The van der Waals surface area contributed by atoms with E-state index in [1.54, 1.807) is 12.1 Å². The topological polar surface area (TPSA) is 124 Å². The van der Waals surface area contributed by atoms with Crippen molar-refractivity contribution >= 4 is 11.8 Å². The number of aromatic amines is 1. The van der Waals surface area contributed by atoms with Crippen LogP contribution < -0.4 is 10.2 Å². The van der Waals surface area contributed by atoms with E-state index in [0.29, 0.717) is 44.0 Å². The van der Waals surface area contributed by atoms with Gasteiger partial charge in [0.1, 0.15) is 6.07 Å². The van der Waals surface area contributed by atoms with Crippen LogP contribution >= 0.6 is 0 Å². The Morgan fingerprint density at radius 2 is 2.27 bits per heavy atom. The average Bonchev–Trinajstić information content (AvgIpc) is 3.48. The molecule has 0 aromatic carbocycles. The van der Waals surface area contributed by atoms with E-state index in [-0.39, 0.29) is 29.5 Å². The summed E-state index contributed by atoms with van der Waals surface area (Å²) in [4.78, 5) is 18.9. The van der Waals surface area contributed by atoms with Crippen molar-refractivity contribution in [2.75, 3.05) is 18.0 Å². The second-order valence-electron chi connectivity index (χ2n) is 7.68. The van der Waals surface area contributed by atoms with Gasteiger partial charge in [-0.2, -0.15) is 15.3 Å². The fraction of sp³-hybridized carbons (Fsp3) is 0.429. The number of hydrogen-bond donors (Lipinski definition) is 2. The summed E-state index contributed by atoms with van der Waals surface area (Å²) in [6.45, 7) is 5.18. The summed E-state index contributed by atoms with van der Waals surface area (Å²) in [7, 11) is 0. The van der Waals surface area contributed by atoms with Crippen LogP contribution in [-0.2, 0) is 11.2 Å². The molecule has 2 N–H and O–H groups in total. The smallest absolute Gasteiger partial charge is 0.266 e. The highest BCUT2D eigenvalue weighted by Crippen LogP contribution is 2.31. The van der Waals surface area contributed by atoms with Crippen molar-refractivity contribution < 1.29 is 13.6 Å². The number of nitrogens with one attached hydrogen (secondary N) is 2. The highest BCUT2D eigenvalue weighted by atomic mass is 16.4. The molecular formula is C21H24N6O3. The van der Waals surface area contributed by atoms with Crippen molar-refractivity contribution in [3.8, 4) is 17.7 Å². The second kappa shape index (κ2) is 8.45. The molecule has 1 saturated heterocycles. The number of hydrogen-bond acceptors (Lipinski definition) is 7. The highest BCUT2D eigenvalue weighted by molar-refractivity contribution is 5.79. The van der Waals surface area contributed by atoms with Gasteiger partial charge in [0.2, 0.25) is 17.5 Å². The molecule has 1 atom stereocenters. The molecule has 4 rings (SSSR count). The van der Waals surface area contributed by atoms with Crippen molar-refractivity contribution in [1.29, 1.82) is 5.26 Å². The van der Waals surface area contributed by atoms with Crippen LogP contribution in [0.4, 0.5) is 5.88 Å². The minimum Gasteiger partial charge on any atom is -0.459 e. The van der Waals surface area contributed by atoms with Gasteiger partial charge < -0.3 is 19.1 Å². The Hall–Kier alpha value is -3.54. The van der Waals surface area contributed by atoms with Crippen molar-refractivity contribution in [2.24, 2.45) is 5.92 Å². The summed E-state index contributed by atoms with van der Waals surface area (Å²) in [5.74, 6) is 1.19. The lowest BCUT2D eigenvalue weighted by Crippen LogP contribution is -2.43. The normalized spacial score (nSPS) is 15.7. The van der Waals surface area contributed by atoms with Crippen LogP contribution in [0.15, 0.2) is 33.3 Å². The molecule has 156 valence electrons. The molecule has 9 heteroatoms. The Bertz CT molecular complexity index is 1040. The number of nitriles is 1. The van der Waals surface area contributed by atoms with Gasteiger partial charge in [0.05, 0.1) is 12.0 Å². The summed E-state index contributed by atoms with van der Waals surface area (Å²) in [6, 6.07) is 7.56. The van der Waals surface area contributed by atoms with Gasteiger partial charge in [-0.25, -0.2) is 0 Å². The minimum absolute atomic E-state index is 0.00792. The van der Waals surface area contributed by atoms with Gasteiger partial charge in [0.15, 0.2) is 5.76 Å². The van der Waals surface area contributed by atoms with Crippen molar-refractivity contribution in [3.05, 3.63) is 41.5 Å². The average molecular weight is 408 g/mol. The number of furan rings is 1. The number of oxazole rings is 1. The van der Waals surface area contributed by atoms with E-state index < -0.39 is 0 Å². The quantitative estimate of drug-likeness (QED) is 0.642. The molecule has 0 radical (unpaired) electrons. The number of carbonyl (C=O) groups excluding carboxylic acids is 1. The van der Waals surface area contributed by atoms with E-state index in [1.807, 2.05) is 24.8 Å². The maximum Gasteiger partial charge on any atom is 0.266 e. The van der Waals surface area contributed by atoms with Crippen LogP contribution in [0.5, 0.6) is 0 Å². The maximum absolute atomic E-state index is 12.7. The first kappa shape index (κ1) is 19.8. The molecule has 0 spiro atoms. The number of aromatic nitrogens is 3. The van der Waals surface area contributed by atoms with Gasteiger partial charge in [-0.1, -0.05) is 0 Å². The lowest BCUT2D eigenvalue weighted by atomic mass is 9.95. The molecule has 30 heavy (non-hydrogen) atoms. The molecule has 1 fully saturated rings. The van der Waals surface area contributed by atoms with E-state index in [9.17, 15) is 10.1 Å². The molecule has 0 unspecified atom stereocenters. The van der Waals surface area contributed by atoms with Crippen LogP contribution in [-0.4, -0.2) is 40.2 Å². The molecule has 1 aliphatic heterocycles. The molecule has 3 aromatic heterocycles. The van der Waals surface area contributed by atoms with Gasteiger partial charge in [0.25, 0.3) is 5.89 Å². The molecule has 9 nitrogen and oxygen atoms in total.